The van der Waals surface area contributed by atoms with Gasteiger partial charge in [-0.2, -0.15) is 0 Å². The van der Waals surface area contributed by atoms with E-state index in [-0.39, 0.29) is 0 Å². The van der Waals surface area contributed by atoms with Crippen molar-refractivity contribution in [1.29, 1.82) is 0 Å². The van der Waals surface area contributed by atoms with Gasteiger partial charge in [-0.05, 0) is 107 Å². The van der Waals surface area contributed by atoms with Crippen LogP contribution in [0, 0.1) is 0 Å². The molecule has 15 rings (SSSR count). The summed E-state index contributed by atoms with van der Waals surface area (Å²) in [6.45, 7) is 0. The monoisotopic (exact) mass is 912 g/mol. The van der Waals surface area contributed by atoms with Crippen LogP contribution in [0.15, 0.2) is 227 Å². The largest absolute Gasteiger partial charge is 0.456 e. The van der Waals surface area contributed by atoms with Crippen molar-refractivity contribution in [2.24, 2.45) is 0 Å². The number of para-hydroxylation sites is 2. The third kappa shape index (κ3) is 6.02. The van der Waals surface area contributed by atoms with E-state index in [0.29, 0.717) is 17.5 Å². The Morgan fingerprint density at radius 3 is 1.64 bits per heavy atom. The minimum atomic E-state index is 0.561. The first-order valence-corrected chi connectivity index (χ1v) is 24.2. The van der Waals surface area contributed by atoms with Crippen molar-refractivity contribution < 1.29 is 8.83 Å². The van der Waals surface area contributed by atoms with Gasteiger partial charge in [0.1, 0.15) is 22.3 Å². The molecule has 0 aliphatic rings. The summed E-state index contributed by atoms with van der Waals surface area (Å²) >= 11 is 1.78. The van der Waals surface area contributed by atoms with Crippen LogP contribution in [0.25, 0.3) is 148 Å². The molecule has 0 aliphatic heterocycles. The van der Waals surface area contributed by atoms with Crippen LogP contribution in [0.3, 0.4) is 0 Å². The second-order valence-electron chi connectivity index (χ2n) is 17.9. The molecular formula is C63H36N4O2S. The third-order valence-corrected chi connectivity index (χ3v) is 15.0. The fourth-order valence-corrected chi connectivity index (χ4v) is 11.8. The van der Waals surface area contributed by atoms with E-state index in [9.17, 15) is 0 Å². The molecule has 326 valence electrons. The number of benzene rings is 10. The van der Waals surface area contributed by atoms with Gasteiger partial charge in [-0.3, -0.25) is 0 Å². The maximum absolute atomic E-state index is 6.78. The van der Waals surface area contributed by atoms with E-state index in [1.165, 1.54) is 42.2 Å². The van der Waals surface area contributed by atoms with E-state index < -0.39 is 0 Å². The first-order chi connectivity index (χ1) is 34.7. The van der Waals surface area contributed by atoms with Gasteiger partial charge in [0.25, 0.3) is 0 Å². The van der Waals surface area contributed by atoms with Gasteiger partial charge in [-0.25, -0.2) is 15.0 Å². The van der Waals surface area contributed by atoms with Crippen LogP contribution in [0.2, 0.25) is 0 Å². The minimum absolute atomic E-state index is 0.561. The van der Waals surface area contributed by atoms with E-state index in [1.54, 1.807) is 11.3 Å². The van der Waals surface area contributed by atoms with Crippen LogP contribution in [0.1, 0.15) is 0 Å². The number of hydrogen-bond acceptors (Lipinski definition) is 6. The highest BCUT2D eigenvalue weighted by Gasteiger charge is 2.22. The summed E-state index contributed by atoms with van der Waals surface area (Å²) in [6.07, 6.45) is 0. The van der Waals surface area contributed by atoms with Crippen molar-refractivity contribution in [3.05, 3.63) is 218 Å². The van der Waals surface area contributed by atoms with Gasteiger partial charge < -0.3 is 13.4 Å². The molecule has 0 spiro atoms. The topological polar surface area (TPSA) is 69.9 Å². The molecule has 0 amide bonds. The Morgan fingerprint density at radius 1 is 0.314 bits per heavy atom. The smallest absolute Gasteiger partial charge is 0.164 e. The van der Waals surface area contributed by atoms with E-state index in [4.69, 9.17) is 23.8 Å². The Labute approximate surface area is 404 Å². The summed E-state index contributed by atoms with van der Waals surface area (Å²) in [5.74, 6) is 1.73. The Balaban J connectivity index is 0.900. The third-order valence-electron chi connectivity index (χ3n) is 13.9. The van der Waals surface area contributed by atoms with Gasteiger partial charge in [0.2, 0.25) is 0 Å². The molecule has 5 heterocycles. The molecule has 0 unspecified atom stereocenters. The molecule has 7 heteroatoms. The van der Waals surface area contributed by atoms with Crippen molar-refractivity contribution in [3.63, 3.8) is 0 Å². The van der Waals surface area contributed by atoms with Gasteiger partial charge in [0, 0.05) is 74.9 Å². The highest BCUT2D eigenvalue weighted by Crippen LogP contribution is 2.43. The minimum Gasteiger partial charge on any atom is -0.456 e. The van der Waals surface area contributed by atoms with Crippen molar-refractivity contribution in [3.8, 4) is 62.1 Å². The number of fused-ring (bicyclic) bond motifs is 12. The summed E-state index contributed by atoms with van der Waals surface area (Å²) in [6, 6.07) is 76.9. The van der Waals surface area contributed by atoms with Crippen molar-refractivity contribution in [2.45, 2.75) is 0 Å². The Bertz CT molecular complexity index is 4600. The molecule has 70 heavy (non-hydrogen) atoms. The maximum atomic E-state index is 6.78. The van der Waals surface area contributed by atoms with Gasteiger partial charge in [-0.15, -0.1) is 11.3 Å². The van der Waals surface area contributed by atoms with Crippen LogP contribution in [0.5, 0.6) is 0 Å². The molecule has 0 bridgehead atoms. The first kappa shape index (κ1) is 38.9. The number of thiophene rings is 1. The number of nitrogens with zero attached hydrogens (tertiary/aromatic N) is 4. The van der Waals surface area contributed by atoms with E-state index in [1.807, 2.05) is 36.4 Å². The molecule has 0 saturated carbocycles. The highest BCUT2D eigenvalue weighted by molar-refractivity contribution is 7.25. The van der Waals surface area contributed by atoms with Crippen LogP contribution in [-0.2, 0) is 0 Å². The summed E-state index contributed by atoms with van der Waals surface area (Å²) in [7, 11) is 0. The zero-order chi connectivity index (χ0) is 45.9. The summed E-state index contributed by atoms with van der Waals surface area (Å²) < 4.78 is 17.9. The lowest BCUT2D eigenvalue weighted by Gasteiger charge is -2.10. The lowest BCUT2D eigenvalue weighted by molar-refractivity contribution is 0.668. The summed E-state index contributed by atoms with van der Waals surface area (Å²) in [4.78, 5) is 15.9. The van der Waals surface area contributed by atoms with Gasteiger partial charge in [0.15, 0.2) is 17.5 Å². The van der Waals surface area contributed by atoms with Gasteiger partial charge in [-0.1, -0.05) is 133 Å². The van der Waals surface area contributed by atoms with Crippen LogP contribution in [-0.4, -0.2) is 19.5 Å². The van der Waals surface area contributed by atoms with Crippen molar-refractivity contribution in [1.82, 2.24) is 19.5 Å². The summed E-state index contributed by atoms with van der Waals surface area (Å²) in [5, 5.41) is 8.78. The lowest BCUT2D eigenvalue weighted by atomic mass is 9.99. The quantitative estimate of drug-likeness (QED) is 0.166. The number of hydrogen-bond donors (Lipinski definition) is 0. The molecule has 0 fully saturated rings. The Kier molecular flexibility index (Phi) is 8.43. The number of aromatic nitrogens is 4. The average molecular weight is 913 g/mol. The van der Waals surface area contributed by atoms with E-state index in [2.05, 4.69) is 187 Å². The predicted octanol–water partition coefficient (Wildman–Crippen LogP) is 17.5. The van der Waals surface area contributed by atoms with Crippen molar-refractivity contribution in [2.75, 3.05) is 0 Å². The normalized spacial score (nSPS) is 12.0. The molecule has 0 atom stereocenters. The SMILES string of the molecule is c1ccc(-c2ccc3c(c2)c2cc(-c4ccc5c(c4)oc4cccc(-c6nc(-c7ccc8c(c7)oc7ccccc78)nc(-c7cccc8sc9ccccc9c78)n6)c45)ccc2n3-c2ccccc2)cc1. The standard InChI is InChI=1S/C63H36N4O2S/c1-3-13-37(14-4-1)38-27-31-51-49(33-38)50-34-39(28-32-52(50)67(51)42-15-5-2-6-16-42)40-25-30-45-56(35-40)69-54-22-11-19-47(59(45)54)62-64-61(41-26-29-44-43-17-7-9-21-53(43)68-55(44)36-41)65-63(66-62)48-20-12-24-58-60(48)46-18-8-10-23-57(46)70-58/h1-36H. The first-order valence-electron chi connectivity index (χ1n) is 23.4. The fourth-order valence-electron chi connectivity index (χ4n) is 10.6. The molecule has 5 aromatic heterocycles. The molecule has 0 saturated heterocycles. The predicted molar refractivity (Wildman–Crippen MR) is 289 cm³/mol. The molecule has 0 radical (unpaired) electrons. The van der Waals surface area contributed by atoms with E-state index in [0.717, 1.165) is 88.3 Å². The summed E-state index contributed by atoms with van der Waals surface area (Å²) in [5.41, 5.74) is 13.8. The second kappa shape index (κ2) is 15.2. The van der Waals surface area contributed by atoms with Crippen LogP contribution >= 0.6 is 11.3 Å². The van der Waals surface area contributed by atoms with Crippen LogP contribution in [0.4, 0.5) is 0 Å². The molecule has 6 nitrogen and oxygen atoms in total. The Hall–Kier alpha value is -9.17. The van der Waals surface area contributed by atoms with Crippen molar-refractivity contribution >= 4 is 97.2 Å². The maximum Gasteiger partial charge on any atom is 0.164 e. The number of rotatable bonds is 6. The van der Waals surface area contributed by atoms with Gasteiger partial charge in [0.05, 0.1) is 11.0 Å². The zero-order valence-electron chi connectivity index (χ0n) is 37.3. The highest BCUT2D eigenvalue weighted by atomic mass is 32.1. The zero-order valence-corrected chi connectivity index (χ0v) is 38.1. The average Bonchev–Trinajstić information content (AvgIpc) is 4.19. The van der Waals surface area contributed by atoms with Gasteiger partial charge >= 0.3 is 0 Å². The van der Waals surface area contributed by atoms with E-state index >= 15 is 0 Å². The van der Waals surface area contributed by atoms with Crippen LogP contribution < -0.4 is 0 Å². The Morgan fingerprint density at radius 2 is 0.843 bits per heavy atom. The fraction of sp³-hybridized carbons (Fsp3) is 0. The second-order valence-corrected chi connectivity index (χ2v) is 19.0. The lowest BCUT2D eigenvalue weighted by Crippen LogP contribution is -2.00. The molecule has 15 aromatic rings. The number of furan rings is 2. The molecule has 0 aliphatic carbocycles. The molecule has 0 N–H and O–H groups in total. The molecular weight excluding hydrogens is 877 g/mol. The molecule has 10 aromatic carbocycles.